The maximum absolute atomic E-state index is 12.2. The fourth-order valence-corrected chi connectivity index (χ4v) is 3.47. The van der Waals surface area contributed by atoms with Gasteiger partial charge in [0.25, 0.3) is 11.6 Å². The minimum atomic E-state index is -0.475. The van der Waals surface area contributed by atoms with Gasteiger partial charge in [-0.2, -0.15) is 5.10 Å². The molecule has 1 aromatic heterocycles. The number of benzene rings is 2. The number of carbonyl (C=O) groups excluding carboxylic acids is 1. The molecule has 0 bridgehead atoms. The molecule has 1 amide bonds. The van der Waals surface area contributed by atoms with Crippen LogP contribution in [-0.2, 0) is 0 Å². The molecule has 9 heteroatoms. The first-order valence-electron chi connectivity index (χ1n) is 6.90. The fourth-order valence-electron chi connectivity index (χ4n) is 2.08. The molecule has 0 atom stereocenters. The van der Waals surface area contributed by atoms with E-state index >= 15 is 0 Å². The van der Waals surface area contributed by atoms with Gasteiger partial charge >= 0.3 is 0 Å². The monoisotopic (exact) mass is 393 g/mol. The summed E-state index contributed by atoms with van der Waals surface area (Å²) in [5.41, 5.74) is 2.99. The van der Waals surface area contributed by atoms with E-state index in [2.05, 4.69) is 10.5 Å². The molecule has 0 aliphatic heterocycles. The standard InChI is InChI=1S/C16H9Cl2N3O3S/c17-11-2-1-9(13(18)7-11)8-19-20-16(22)15-6-10-5-12(21(23)24)3-4-14(10)25-15/h1-8H,(H,20,22)/b19-8-. The topological polar surface area (TPSA) is 84.6 Å². The van der Waals surface area contributed by atoms with E-state index in [1.807, 2.05) is 0 Å². The number of hydrazone groups is 1. The molecule has 2 aromatic carbocycles. The molecule has 6 nitrogen and oxygen atoms in total. The van der Waals surface area contributed by atoms with Crippen LogP contribution in [0, 0.1) is 10.1 Å². The van der Waals surface area contributed by atoms with Crippen LogP contribution in [0.5, 0.6) is 0 Å². The second-order valence-corrected chi connectivity index (χ2v) is 6.88. The van der Waals surface area contributed by atoms with Crippen molar-refractivity contribution >= 4 is 62.4 Å². The number of nitro groups is 1. The van der Waals surface area contributed by atoms with Gasteiger partial charge in [0.1, 0.15) is 0 Å². The summed E-state index contributed by atoms with van der Waals surface area (Å²) >= 11 is 13.1. The van der Waals surface area contributed by atoms with Crippen LogP contribution in [-0.4, -0.2) is 17.0 Å². The second kappa shape index (κ2) is 7.18. The van der Waals surface area contributed by atoms with Crippen LogP contribution in [0.1, 0.15) is 15.2 Å². The van der Waals surface area contributed by atoms with Crippen LogP contribution in [0.4, 0.5) is 5.69 Å². The van der Waals surface area contributed by atoms with Gasteiger partial charge in [0.05, 0.1) is 21.0 Å². The van der Waals surface area contributed by atoms with E-state index in [4.69, 9.17) is 23.2 Å². The predicted molar refractivity (Wildman–Crippen MR) is 100 cm³/mol. The molecule has 0 unspecified atom stereocenters. The van der Waals surface area contributed by atoms with Gasteiger partial charge in [-0.05, 0) is 24.3 Å². The highest BCUT2D eigenvalue weighted by Crippen LogP contribution is 2.28. The summed E-state index contributed by atoms with van der Waals surface area (Å²) in [6.45, 7) is 0. The third kappa shape index (κ3) is 3.96. The van der Waals surface area contributed by atoms with Crippen LogP contribution in [0.15, 0.2) is 47.6 Å². The molecule has 3 aromatic rings. The largest absolute Gasteiger partial charge is 0.281 e. The number of nitrogens with one attached hydrogen (secondary N) is 1. The van der Waals surface area contributed by atoms with Crippen molar-refractivity contribution in [3.63, 3.8) is 0 Å². The molecular weight excluding hydrogens is 385 g/mol. The van der Waals surface area contributed by atoms with Crippen LogP contribution < -0.4 is 5.43 Å². The molecule has 0 aliphatic carbocycles. The van der Waals surface area contributed by atoms with E-state index in [0.717, 1.165) is 4.70 Å². The zero-order valence-electron chi connectivity index (χ0n) is 12.4. The Morgan fingerprint density at radius 3 is 2.72 bits per heavy atom. The molecule has 0 spiro atoms. The van der Waals surface area contributed by atoms with E-state index in [1.165, 1.54) is 29.7 Å². The number of hydrogen-bond acceptors (Lipinski definition) is 5. The lowest BCUT2D eigenvalue weighted by atomic mass is 10.2. The molecule has 0 aliphatic rings. The van der Waals surface area contributed by atoms with E-state index in [-0.39, 0.29) is 5.69 Å². The van der Waals surface area contributed by atoms with Crippen molar-refractivity contribution in [2.24, 2.45) is 5.10 Å². The van der Waals surface area contributed by atoms with E-state index in [9.17, 15) is 14.9 Å². The summed E-state index contributed by atoms with van der Waals surface area (Å²) in [7, 11) is 0. The van der Waals surface area contributed by atoms with Crippen LogP contribution in [0.3, 0.4) is 0 Å². The Morgan fingerprint density at radius 1 is 1.20 bits per heavy atom. The Kier molecular flexibility index (Phi) is 4.98. The number of fused-ring (bicyclic) bond motifs is 1. The lowest BCUT2D eigenvalue weighted by Gasteiger charge is -1.99. The maximum atomic E-state index is 12.2. The number of nitrogens with zero attached hydrogens (tertiary/aromatic N) is 2. The van der Waals surface area contributed by atoms with E-state index in [0.29, 0.717) is 25.9 Å². The normalized spacial score (nSPS) is 11.1. The molecule has 3 rings (SSSR count). The van der Waals surface area contributed by atoms with Crippen molar-refractivity contribution in [1.82, 2.24) is 5.43 Å². The Hall–Kier alpha value is -2.48. The minimum absolute atomic E-state index is 0.0207. The summed E-state index contributed by atoms with van der Waals surface area (Å²) in [4.78, 5) is 22.9. The van der Waals surface area contributed by atoms with Crippen molar-refractivity contribution in [1.29, 1.82) is 0 Å². The van der Waals surface area contributed by atoms with Gasteiger partial charge in [0.15, 0.2) is 0 Å². The molecule has 0 saturated heterocycles. The smallest absolute Gasteiger partial charge is 0.266 e. The number of rotatable bonds is 4. The van der Waals surface area contributed by atoms with Crippen molar-refractivity contribution in [3.8, 4) is 0 Å². The zero-order valence-corrected chi connectivity index (χ0v) is 14.7. The van der Waals surface area contributed by atoms with Gasteiger partial charge in [-0.25, -0.2) is 5.43 Å². The van der Waals surface area contributed by atoms with Crippen LogP contribution in [0.2, 0.25) is 10.0 Å². The van der Waals surface area contributed by atoms with Gasteiger partial charge in [0.2, 0.25) is 0 Å². The number of halogens is 2. The van der Waals surface area contributed by atoms with Crippen molar-refractivity contribution in [2.45, 2.75) is 0 Å². The molecule has 1 N–H and O–H groups in total. The minimum Gasteiger partial charge on any atom is -0.266 e. The summed E-state index contributed by atoms with van der Waals surface area (Å²) in [5, 5.41) is 16.2. The SMILES string of the molecule is O=C(N/N=C\c1ccc(Cl)cc1Cl)c1cc2cc([N+](=O)[O-])ccc2s1. The highest BCUT2D eigenvalue weighted by molar-refractivity contribution is 7.20. The quantitative estimate of drug-likeness (QED) is 0.389. The average Bonchev–Trinajstić information content (AvgIpc) is 3.00. The molecule has 0 saturated carbocycles. The highest BCUT2D eigenvalue weighted by atomic mass is 35.5. The second-order valence-electron chi connectivity index (χ2n) is 4.95. The van der Waals surface area contributed by atoms with Gasteiger partial charge in [-0.15, -0.1) is 11.3 Å². The highest BCUT2D eigenvalue weighted by Gasteiger charge is 2.13. The summed E-state index contributed by atoms with van der Waals surface area (Å²) in [6.07, 6.45) is 1.41. The van der Waals surface area contributed by atoms with Gasteiger partial charge in [-0.1, -0.05) is 29.3 Å². The van der Waals surface area contributed by atoms with Crippen LogP contribution in [0.25, 0.3) is 10.1 Å². The maximum Gasteiger partial charge on any atom is 0.281 e. The Labute approximate surface area is 155 Å². The predicted octanol–water partition coefficient (Wildman–Crippen LogP) is 4.88. The third-order valence-corrected chi connectivity index (χ3v) is 4.94. The number of nitro benzene ring substituents is 1. The van der Waals surface area contributed by atoms with Crippen LogP contribution >= 0.6 is 34.5 Å². The molecule has 0 fully saturated rings. The molecule has 126 valence electrons. The third-order valence-electron chi connectivity index (χ3n) is 3.27. The summed E-state index contributed by atoms with van der Waals surface area (Å²) in [5.74, 6) is -0.412. The van der Waals surface area contributed by atoms with E-state index < -0.39 is 10.8 Å². The number of hydrogen-bond donors (Lipinski definition) is 1. The zero-order chi connectivity index (χ0) is 18.0. The van der Waals surface area contributed by atoms with Gasteiger partial charge in [0, 0.05) is 32.8 Å². The number of thiophene rings is 1. The summed E-state index contributed by atoms with van der Waals surface area (Å²) in [6, 6.07) is 11.0. The Balaban J connectivity index is 1.75. The summed E-state index contributed by atoms with van der Waals surface area (Å²) < 4.78 is 0.778. The molecular formula is C16H9Cl2N3O3S. The van der Waals surface area contributed by atoms with Crippen molar-refractivity contribution < 1.29 is 9.72 Å². The lowest BCUT2D eigenvalue weighted by Crippen LogP contribution is -2.16. The Bertz CT molecular complexity index is 1020. The number of non-ortho nitro benzene ring substituents is 1. The molecule has 1 heterocycles. The van der Waals surface area contributed by atoms with Gasteiger partial charge in [-0.3, -0.25) is 14.9 Å². The van der Waals surface area contributed by atoms with E-state index in [1.54, 1.807) is 30.3 Å². The van der Waals surface area contributed by atoms with Crippen molar-refractivity contribution in [2.75, 3.05) is 0 Å². The molecule has 0 radical (unpaired) electrons. The fraction of sp³-hybridized carbons (Fsp3) is 0. The first-order valence-corrected chi connectivity index (χ1v) is 8.48. The first-order chi connectivity index (χ1) is 11.9. The number of carbonyl (C=O) groups is 1. The van der Waals surface area contributed by atoms with Crippen molar-refractivity contribution in [3.05, 3.63) is 73.1 Å². The van der Waals surface area contributed by atoms with Gasteiger partial charge < -0.3 is 0 Å². The first kappa shape index (κ1) is 17.3. The lowest BCUT2D eigenvalue weighted by molar-refractivity contribution is -0.384. The average molecular weight is 394 g/mol. The number of amides is 1. The Morgan fingerprint density at radius 2 is 2.00 bits per heavy atom. The molecule has 25 heavy (non-hydrogen) atoms.